The van der Waals surface area contributed by atoms with E-state index in [1.54, 1.807) is 0 Å². The van der Waals surface area contributed by atoms with E-state index < -0.39 is 6.10 Å². The largest absolute Gasteiger partial charge is 0.454 e. The molecule has 3 heteroatoms. The molecule has 3 nitrogen and oxygen atoms in total. The molecule has 1 unspecified atom stereocenters. The van der Waals surface area contributed by atoms with Gasteiger partial charge in [0.25, 0.3) is 0 Å². The Bertz CT molecular complexity index is 805. The number of benzene rings is 3. The van der Waals surface area contributed by atoms with Crippen molar-refractivity contribution in [3.05, 3.63) is 71.8 Å². The molecule has 0 saturated carbocycles. The van der Waals surface area contributed by atoms with Gasteiger partial charge in [-0.05, 0) is 34.0 Å². The van der Waals surface area contributed by atoms with Crippen LogP contribution >= 0.6 is 0 Å². The van der Waals surface area contributed by atoms with Gasteiger partial charge < -0.3 is 14.6 Å². The van der Waals surface area contributed by atoms with Gasteiger partial charge in [0.05, 0.1) is 0 Å². The number of aliphatic hydroxyl groups excluding tert-OH is 1. The second-order valence-electron chi connectivity index (χ2n) is 5.08. The molecule has 0 aromatic heterocycles. The first kappa shape index (κ1) is 12.2. The van der Waals surface area contributed by atoms with Gasteiger partial charge in [0.2, 0.25) is 6.79 Å². The maximum Gasteiger partial charge on any atom is 0.231 e. The topological polar surface area (TPSA) is 38.7 Å². The van der Waals surface area contributed by atoms with Crippen LogP contribution in [0.4, 0.5) is 0 Å². The van der Waals surface area contributed by atoms with Crippen molar-refractivity contribution < 1.29 is 14.6 Å². The minimum atomic E-state index is -0.689. The molecule has 3 aromatic rings. The summed E-state index contributed by atoms with van der Waals surface area (Å²) in [5.41, 5.74) is 1.70. The zero-order valence-corrected chi connectivity index (χ0v) is 11.3. The van der Waals surface area contributed by atoms with E-state index in [2.05, 4.69) is 0 Å². The van der Waals surface area contributed by atoms with Gasteiger partial charge in [-0.25, -0.2) is 0 Å². The van der Waals surface area contributed by atoms with Crippen molar-refractivity contribution in [1.82, 2.24) is 0 Å². The molecule has 1 N–H and O–H groups in total. The first-order chi connectivity index (χ1) is 10.3. The molecule has 0 amide bonds. The molecule has 0 aliphatic carbocycles. The lowest BCUT2D eigenvalue weighted by Crippen LogP contribution is -2.00. The summed E-state index contributed by atoms with van der Waals surface area (Å²) in [5, 5.41) is 12.9. The smallest absolute Gasteiger partial charge is 0.231 e. The average molecular weight is 278 g/mol. The molecule has 3 aromatic carbocycles. The maximum absolute atomic E-state index is 10.7. The van der Waals surface area contributed by atoms with Crippen LogP contribution in [0.2, 0.25) is 0 Å². The van der Waals surface area contributed by atoms with Gasteiger partial charge >= 0.3 is 0 Å². The number of ether oxygens (including phenoxy) is 2. The van der Waals surface area contributed by atoms with Crippen LogP contribution < -0.4 is 9.47 Å². The lowest BCUT2D eigenvalue weighted by atomic mass is 9.96. The van der Waals surface area contributed by atoms with Crippen LogP contribution in [0.3, 0.4) is 0 Å². The predicted molar refractivity (Wildman–Crippen MR) is 80.6 cm³/mol. The third kappa shape index (κ3) is 2.03. The van der Waals surface area contributed by atoms with E-state index in [1.807, 2.05) is 60.7 Å². The van der Waals surface area contributed by atoms with Crippen LogP contribution in [0.5, 0.6) is 11.5 Å². The minimum absolute atomic E-state index is 0.239. The predicted octanol–water partition coefficient (Wildman–Crippen LogP) is 3.65. The van der Waals surface area contributed by atoms with E-state index in [1.165, 1.54) is 0 Å². The van der Waals surface area contributed by atoms with Crippen LogP contribution in [0.25, 0.3) is 10.8 Å². The number of rotatable bonds is 2. The van der Waals surface area contributed by atoms with Crippen molar-refractivity contribution in [2.75, 3.05) is 6.79 Å². The molecule has 21 heavy (non-hydrogen) atoms. The molecule has 104 valence electrons. The Morgan fingerprint density at radius 2 is 1.67 bits per heavy atom. The summed E-state index contributed by atoms with van der Waals surface area (Å²) in [6.07, 6.45) is -0.689. The summed E-state index contributed by atoms with van der Waals surface area (Å²) >= 11 is 0. The third-order valence-corrected chi connectivity index (χ3v) is 3.83. The standard InChI is InChI=1S/C18H14O3/c19-18(13-8-9-16-17(10-13)21-11-20-16)15-7-3-5-12-4-1-2-6-14(12)15/h1-10,18-19H,11H2. The van der Waals surface area contributed by atoms with Gasteiger partial charge in [0.15, 0.2) is 11.5 Å². The molecule has 0 spiro atoms. The van der Waals surface area contributed by atoms with Crippen LogP contribution in [-0.4, -0.2) is 11.9 Å². The van der Waals surface area contributed by atoms with Crippen molar-refractivity contribution in [3.63, 3.8) is 0 Å². The molecular weight excluding hydrogens is 264 g/mol. The molecule has 1 heterocycles. The second-order valence-corrected chi connectivity index (χ2v) is 5.08. The highest BCUT2D eigenvalue weighted by molar-refractivity contribution is 5.86. The first-order valence-electron chi connectivity index (χ1n) is 6.88. The molecule has 0 saturated heterocycles. The third-order valence-electron chi connectivity index (χ3n) is 3.83. The summed E-state index contributed by atoms with van der Waals surface area (Å²) in [7, 11) is 0. The quantitative estimate of drug-likeness (QED) is 0.777. The molecule has 0 radical (unpaired) electrons. The monoisotopic (exact) mass is 278 g/mol. The molecule has 0 fully saturated rings. The molecule has 4 rings (SSSR count). The van der Waals surface area contributed by atoms with Crippen molar-refractivity contribution in [1.29, 1.82) is 0 Å². The van der Waals surface area contributed by atoms with E-state index >= 15 is 0 Å². The first-order valence-corrected chi connectivity index (χ1v) is 6.88. The van der Waals surface area contributed by atoms with Gasteiger partial charge in [-0.2, -0.15) is 0 Å². The van der Waals surface area contributed by atoms with Crippen molar-refractivity contribution in [2.45, 2.75) is 6.10 Å². The Morgan fingerprint density at radius 3 is 2.62 bits per heavy atom. The van der Waals surface area contributed by atoms with Crippen molar-refractivity contribution >= 4 is 10.8 Å². The fourth-order valence-corrected chi connectivity index (χ4v) is 2.75. The molecule has 0 bridgehead atoms. The van der Waals surface area contributed by atoms with Crippen LogP contribution in [-0.2, 0) is 0 Å². The van der Waals surface area contributed by atoms with E-state index in [0.29, 0.717) is 5.75 Å². The summed E-state index contributed by atoms with van der Waals surface area (Å²) in [4.78, 5) is 0. The van der Waals surface area contributed by atoms with Crippen LogP contribution in [0.1, 0.15) is 17.2 Å². The molecule has 1 aliphatic heterocycles. The Labute approximate surface area is 122 Å². The van der Waals surface area contributed by atoms with Gasteiger partial charge in [0, 0.05) is 0 Å². The highest BCUT2D eigenvalue weighted by Gasteiger charge is 2.18. The highest BCUT2D eigenvalue weighted by atomic mass is 16.7. The number of hydrogen-bond donors (Lipinski definition) is 1. The Morgan fingerprint density at radius 1 is 0.857 bits per heavy atom. The van der Waals surface area contributed by atoms with E-state index in [0.717, 1.165) is 27.6 Å². The van der Waals surface area contributed by atoms with E-state index in [-0.39, 0.29) is 6.79 Å². The maximum atomic E-state index is 10.7. The Kier molecular flexibility index (Phi) is 2.79. The van der Waals surface area contributed by atoms with Crippen LogP contribution in [0, 0.1) is 0 Å². The van der Waals surface area contributed by atoms with E-state index in [4.69, 9.17) is 9.47 Å². The van der Waals surface area contributed by atoms with Crippen molar-refractivity contribution in [2.24, 2.45) is 0 Å². The SMILES string of the molecule is OC(c1ccc2c(c1)OCO2)c1cccc2ccccc12. The number of hydrogen-bond acceptors (Lipinski definition) is 3. The fourth-order valence-electron chi connectivity index (χ4n) is 2.75. The lowest BCUT2D eigenvalue weighted by Gasteiger charge is -2.14. The van der Waals surface area contributed by atoms with Gasteiger partial charge in [-0.15, -0.1) is 0 Å². The molecule has 1 aliphatic rings. The zero-order valence-electron chi connectivity index (χ0n) is 11.3. The van der Waals surface area contributed by atoms with Gasteiger partial charge in [0.1, 0.15) is 6.10 Å². The summed E-state index contributed by atoms with van der Waals surface area (Å²) in [6.45, 7) is 0.239. The second kappa shape index (κ2) is 4.79. The summed E-state index contributed by atoms with van der Waals surface area (Å²) < 4.78 is 10.7. The van der Waals surface area contributed by atoms with E-state index in [9.17, 15) is 5.11 Å². The van der Waals surface area contributed by atoms with Crippen LogP contribution in [0.15, 0.2) is 60.7 Å². The van der Waals surface area contributed by atoms with Gasteiger partial charge in [-0.3, -0.25) is 0 Å². The summed E-state index contributed by atoms with van der Waals surface area (Å²) in [5.74, 6) is 1.41. The molecular formula is C18H14O3. The highest BCUT2D eigenvalue weighted by Crippen LogP contribution is 2.36. The number of aliphatic hydroxyl groups is 1. The Hall–Kier alpha value is -2.52. The minimum Gasteiger partial charge on any atom is -0.454 e. The average Bonchev–Trinajstić information content (AvgIpc) is 3.01. The van der Waals surface area contributed by atoms with Gasteiger partial charge in [-0.1, -0.05) is 48.5 Å². The molecule has 1 atom stereocenters. The normalized spacial score (nSPS) is 14.3. The fraction of sp³-hybridized carbons (Fsp3) is 0.111. The van der Waals surface area contributed by atoms with Crippen molar-refractivity contribution in [3.8, 4) is 11.5 Å². The Balaban J connectivity index is 1.81. The lowest BCUT2D eigenvalue weighted by molar-refractivity contribution is 0.173. The summed E-state index contributed by atoms with van der Waals surface area (Å²) in [6, 6.07) is 19.6. The zero-order chi connectivity index (χ0) is 14.2. The number of fused-ring (bicyclic) bond motifs is 2.